The van der Waals surface area contributed by atoms with E-state index in [-0.39, 0.29) is 17.8 Å². The molecule has 1 atom stereocenters. The predicted molar refractivity (Wildman–Crippen MR) is 109 cm³/mol. The number of nitrogens with zero attached hydrogens (tertiary/aromatic N) is 1. The molecule has 0 saturated heterocycles. The summed E-state index contributed by atoms with van der Waals surface area (Å²) in [6.07, 6.45) is 0.162. The number of benzene rings is 2. The molecule has 150 valence electrons. The molecule has 2 aromatic rings. The van der Waals surface area contributed by atoms with E-state index in [1.807, 2.05) is 26.0 Å². The van der Waals surface area contributed by atoms with Crippen LogP contribution in [0.5, 0.6) is 5.75 Å². The minimum Gasteiger partial charge on any atom is -0.503 e. The highest BCUT2D eigenvalue weighted by Gasteiger charge is 2.43. The van der Waals surface area contributed by atoms with Gasteiger partial charge in [0, 0.05) is 19.0 Å². The number of carbonyl (C=O) groups excluding carboxylic acids is 3. The number of amides is 1. The van der Waals surface area contributed by atoms with Gasteiger partial charge in [0.05, 0.1) is 11.6 Å². The maximum absolute atomic E-state index is 12.9. The maximum atomic E-state index is 12.9. The number of aliphatic hydroxyl groups excluding tert-OH is 1. The van der Waals surface area contributed by atoms with E-state index in [0.717, 1.165) is 11.1 Å². The van der Waals surface area contributed by atoms with Crippen LogP contribution < -0.4 is 9.64 Å². The summed E-state index contributed by atoms with van der Waals surface area (Å²) in [5.74, 6) is -1.51. The third-order valence-corrected chi connectivity index (χ3v) is 5.06. The van der Waals surface area contributed by atoms with E-state index in [4.69, 9.17) is 4.74 Å². The van der Waals surface area contributed by atoms with Gasteiger partial charge in [-0.25, -0.2) is 0 Å². The van der Waals surface area contributed by atoms with Crippen molar-refractivity contribution in [3.05, 3.63) is 70.5 Å². The first kappa shape index (κ1) is 20.3. The van der Waals surface area contributed by atoms with Crippen LogP contribution in [-0.4, -0.2) is 22.8 Å². The fraction of sp³-hybridized carbons (Fsp3) is 0.261. The van der Waals surface area contributed by atoms with Crippen LogP contribution in [0.25, 0.3) is 0 Å². The Kier molecular flexibility index (Phi) is 5.55. The number of Topliss-reactive ketones (excluding diaryl/α,β-unsaturated/α-hetero) is 1. The van der Waals surface area contributed by atoms with Crippen LogP contribution in [0.2, 0.25) is 0 Å². The molecule has 0 bridgehead atoms. The van der Waals surface area contributed by atoms with E-state index < -0.39 is 23.7 Å². The lowest BCUT2D eigenvalue weighted by Gasteiger charge is -2.27. The van der Waals surface area contributed by atoms with Gasteiger partial charge in [-0.1, -0.05) is 25.1 Å². The average Bonchev–Trinajstić information content (AvgIpc) is 2.95. The summed E-state index contributed by atoms with van der Waals surface area (Å²) in [6.45, 7) is 6.90. The molecule has 1 aliphatic heterocycles. The summed E-state index contributed by atoms with van der Waals surface area (Å²) in [5.41, 5.74) is 3.38. The number of ether oxygens (including phenoxy) is 1. The van der Waals surface area contributed by atoms with Crippen molar-refractivity contribution < 1.29 is 24.2 Å². The largest absolute Gasteiger partial charge is 0.503 e. The number of esters is 1. The van der Waals surface area contributed by atoms with Gasteiger partial charge in [0.1, 0.15) is 5.75 Å². The van der Waals surface area contributed by atoms with Crippen molar-refractivity contribution in [2.24, 2.45) is 0 Å². The zero-order valence-corrected chi connectivity index (χ0v) is 16.9. The van der Waals surface area contributed by atoms with Crippen molar-refractivity contribution >= 4 is 23.3 Å². The van der Waals surface area contributed by atoms with Crippen molar-refractivity contribution in [3.8, 4) is 5.75 Å². The molecule has 1 aliphatic rings. The highest BCUT2D eigenvalue weighted by Crippen LogP contribution is 2.42. The molecule has 0 aliphatic carbocycles. The number of anilines is 1. The topological polar surface area (TPSA) is 83.9 Å². The Bertz CT molecular complexity index is 1020. The zero-order chi connectivity index (χ0) is 21.3. The molecule has 6 nitrogen and oxygen atoms in total. The first-order chi connectivity index (χ1) is 13.7. The number of hydrogen-bond donors (Lipinski definition) is 1. The van der Waals surface area contributed by atoms with Crippen LogP contribution in [0.15, 0.2) is 53.8 Å². The van der Waals surface area contributed by atoms with Gasteiger partial charge in [0.15, 0.2) is 11.5 Å². The fourth-order valence-electron chi connectivity index (χ4n) is 3.42. The molecule has 0 fully saturated rings. The molecular weight excluding hydrogens is 370 g/mol. The Labute approximate surface area is 169 Å². The van der Waals surface area contributed by atoms with Crippen LogP contribution in [0.3, 0.4) is 0 Å². The summed E-state index contributed by atoms with van der Waals surface area (Å²) in [4.78, 5) is 38.1. The van der Waals surface area contributed by atoms with Crippen molar-refractivity contribution in [2.45, 2.75) is 40.2 Å². The van der Waals surface area contributed by atoms with Gasteiger partial charge in [-0.2, -0.15) is 0 Å². The molecule has 0 saturated carbocycles. The lowest BCUT2D eigenvalue weighted by atomic mass is 9.94. The molecule has 0 radical (unpaired) electrons. The quantitative estimate of drug-likeness (QED) is 0.611. The van der Waals surface area contributed by atoms with Gasteiger partial charge in [-0.15, -0.1) is 0 Å². The number of aryl methyl sites for hydroxylation is 2. The molecule has 1 heterocycles. The smallest absolute Gasteiger partial charge is 0.308 e. The zero-order valence-electron chi connectivity index (χ0n) is 16.9. The van der Waals surface area contributed by atoms with Gasteiger partial charge >= 0.3 is 5.97 Å². The second-order valence-corrected chi connectivity index (χ2v) is 7.05. The summed E-state index contributed by atoms with van der Waals surface area (Å²) in [7, 11) is 0. The maximum Gasteiger partial charge on any atom is 0.308 e. The van der Waals surface area contributed by atoms with Crippen molar-refractivity contribution in [1.82, 2.24) is 0 Å². The lowest BCUT2D eigenvalue weighted by molar-refractivity contribution is -0.131. The first-order valence-corrected chi connectivity index (χ1v) is 9.40. The highest BCUT2D eigenvalue weighted by molar-refractivity contribution is 6.16. The van der Waals surface area contributed by atoms with Gasteiger partial charge < -0.3 is 9.84 Å². The SMILES string of the molecule is CCC(=O)C1=C(O)C(=O)N(c2ccc(C)c(C)c2)C1c1ccc(OC(C)=O)cc1. The van der Waals surface area contributed by atoms with Crippen LogP contribution >= 0.6 is 0 Å². The van der Waals surface area contributed by atoms with Crippen LogP contribution in [0, 0.1) is 13.8 Å². The first-order valence-electron chi connectivity index (χ1n) is 9.40. The molecule has 0 aromatic heterocycles. The number of carbonyl (C=O) groups is 3. The van der Waals surface area contributed by atoms with Gasteiger partial charge in [0.2, 0.25) is 0 Å². The minimum atomic E-state index is -0.761. The second-order valence-electron chi connectivity index (χ2n) is 7.05. The molecule has 6 heteroatoms. The molecule has 1 N–H and O–H groups in total. The molecule has 3 rings (SSSR count). The lowest BCUT2D eigenvalue weighted by Crippen LogP contribution is -2.31. The fourth-order valence-corrected chi connectivity index (χ4v) is 3.42. The second kappa shape index (κ2) is 7.91. The van der Waals surface area contributed by atoms with Gasteiger partial charge in [-0.05, 0) is 54.8 Å². The summed E-state index contributed by atoms with van der Waals surface area (Å²) < 4.78 is 5.06. The van der Waals surface area contributed by atoms with E-state index in [0.29, 0.717) is 17.0 Å². The number of rotatable bonds is 5. The minimum absolute atomic E-state index is 0.0796. The van der Waals surface area contributed by atoms with Gasteiger partial charge in [0.25, 0.3) is 5.91 Å². The monoisotopic (exact) mass is 393 g/mol. The Morgan fingerprint density at radius 1 is 1.07 bits per heavy atom. The standard InChI is InChI=1S/C23H23NO5/c1-5-19(26)20-21(16-7-10-18(11-8-16)29-15(4)25)24(23(28)22(20)27)17-9-6-13(2)14(3)12-17/h6-12,21,27H,5H2,1-4H3. The van der Waals surface area contributed by atoms with Crippen LogP contribution in [0.1, 0.15) is 43.0 Å². The Morgan fingerprint density at radius 2 is 1.72 bits per heavy atom. The number of hydrogen-bond acceptors (Lipinski definition) is 5. The molecule has 29 heavy (non-hydrogen) atoms. The summed E-state index contributed by atoms with van der Waals surface area (Å²) in [6, 6.07) is 11.4. The summed E-state index contributed by atoms with van der Waals surface area (Å²) in [5, 5.41) is 10.5. The Morgan fingerprint density at radius 3 is 2.28 bits per heavy atom. The average molecular weight is 393 g/mol. The molecule has 2 aromatic carbocycles. The number of aliphatic hydroxyl groups is 1. The molecule has 1 amide bonds. The van der Waals surface area contributed by atoms with E-state index in [1.54, 1.807) is 37.3 Å². The highest BCUT2D eigenvalue weighted by atomic mass is 16.5. The molecule has 0 spiro atoms. The number of ketones is 1. The van der Waals surface area contributed by atoms with Crippen molar-refractivity contribution in [2.75, 3.05) is 4.90 Å². The molecule has 1 unspecified atom stereocenters. The van der Waals surface area contributed by atoms with E-state index in [1.165, 1.54) is 11.8 Å². The Hall–Kier alpha value is -3.41. The van der Waals surface area contributed by atoms with E-state index in [9.17, 15) is 19.5 Å². The third-order valence-electron chi connectivity index (χ3n) is 5.06. The van der Waals surface area contributed by atoms with E-state index in [2.05, 4.69) is 0 Å². The van der Waals surface area contributed by atoms with Crippen LogP contribution in [-0.2, 0) is 14.4 Å². The Balaban J connectivity index is 2.12. The summed E-state index contributed by atoms with van der Waals surface area (Å²) >= 11 is 0. The molecular formula is C23H23NO5. The van der Waals surface area contributed by atoms with Gasteiger partial charge in [-0.3, -0.25) is 19.3 Å². The van der Waals surface area contributed by atoms with E-state index >= 15 is 0 Å². The van der Waals surface area contributed by atoms with Crippen LogP contribution in [0.4, 0.5) is 5.69 Å². The van der Waals surface area contributed by atoms with Crippen molar-refractivity contribution in [1.29, 1.82) is 0 Å². The predicted octanol–water partition coefficient (Wildman–Crippen LogP) is 4.11. The normalized spacial score (nSPS) is 16.3. The third kappa shape index (κ3) is 3.78. The van der Waals surface area contributed by atoms with Crippen molar-refractivity contribution in [3.63, 3.8) is 0 Å².